The molecule has 0 saturated heterocycles. The summed E-state index contributed by atoms with van der Waals surface area (Å²) in [6.07, 6.45) is 0. The van der Waals surface area contributed by atoms with Crippen molar-refractivity contribution in [1.29, 1.82) is 0 Å². The molecule has 3 rings (SSSR count). The maximum atomic E-state index is 12.8. The third kappa shape index (κ3) is 2.89. The van der Waals surface area contributed by atoms with E-state index in [0.29, 0.717) is 5.69 Å². The Labute approximate surface area is 144 Å². The number of halogens is 1. The van der Waals surface area contributed by atoms with Crippen molar-refractivity contribution in [2.75, 3.05) is 5.32 Å². The first kappa shape index (κ1) is 16.1. The monoisotopic (exact) mass is 346 g/mol. The van der Waals surface area contributed by atoms with E-state index in [1.165, 1.54) is 16.9 Å². The predicted octanol–water partition coefficient (Wildman–Crippen LogP) is 5.55. The van der Waals surface area contributed by atoms with Gasteiger partial charge in [0, 0.05) is 12.2 Å². The van der Waals surface area contributed by atoms with Crippen molar-refractivity contribution in [3.05, 3.63) is 51.0 Å². The van der Waals surface area contributed by atoms with Gasteiger partial charge in [-0.15, -0.1) is 11.3 Å². The standard InChI is InChI=1S/C18H19ClN2OS/c1-5-21-13-9-16(19)23-15(13)8-14(21)18(22)20-17-11(3)6-10(2)7-12(17)4/h6-9H,5H2,1-4H3,(H,20,22). The number of anilines is 1. The smallest absolute Gasteiger partial charge is 0.272 e. The van der Waals surface area contributed by atoms with E-state index in [4.69, 9.17) is 11.6 Å². The van der Waals surface area contributed by atoms with Gasteiger partial charge in [0.25, 0.3) is 5.91 Å². The molecule has 0 aliphatic carbocycles. The highest BCUT2D eigenvalue weighted by atomic mass is 35.5. The highest BCUT2D eigenvalue weighted by Gasteiger charge is 2.18. The minimum atomic E-state index is -0.0820. The number of benzene rings is 1. The molecule has 0 unspecified atom stereocenters. The van der Waals surface area contributed by atoms with Crippen LogP contribution in [0.15, 0.2) is 24.3 Å². The zero-order valence-electron chi connectivity index (χ0n) is 13.7. The second-order valence-corrected chi connectivity index (χ2v) is 7.52. The molecule has 0 aliphatic heterocycles. The molecule has 0 saturated carbocycles. The van der Waals surface area contributed by atoms with Gasteiger partial charge < -0.3 is 9.88 Å². The predicted molar refractivity (Wildman–Crippen MR) is 99.1 cm³/mol. The summed E-state index contributed by atoms with van der Waals surface area (Å²) in [6.45, 7) is 8.86. The number of rotatable bonds is 3. The van der Waals surface area contributed by atoms with E-state index >= 15 is 0 Å². The largest absolute Gasteiger partial charge is 0.336 e. The first-order chi connectivity index (χ1) is 10.9. The van der Waals surface area contributed by atoms with Crippen LogP contribution in [-0.4, -0.2) is 10.5 Å². The second kappa shape index (κ2) is 6.02. The maximum Gasteiger partial charge on any atom is 0.272 e. The highest BCUT2D eigenvalue weighted by Crippen LogP contribution is 2.32. The topological polar surface area (TPSA) is 34.0 Å². The minimum absolute atomic E-state index is 0.0820. The lowest BCUT2D eigenvalue weighted by Gasteiger charge is -2.14. The average Bonchev–Trinajstić information content (AvgIpc) is 2.97. The molecule has 0 spiro atoms. The fourth-order valence-electron chi connectivity index (χ4n) is 3.10. The molecule has 1 amide bonds. The summed E-state index contributed by atoms with van der Waals surface area (Å²) in [6, 6.07) is 8.01. The van der Waals surface area contributed by atoms with Gasteiger partial charge >= 0.3 is 0 Å². The number of hydrogen-bond acceptors (Lipinski definition) is 2. The lowest BCUT2D eigenvalue weighted by Crippen LogP contribution is -2.18. The number of nitrogens with zero attached hydrogens (tertiary/aromatic N) is 1. The number of nitrogens with one attached hydrogen (secondary N) is 1. The van der Waals surface area contributed by atoms with E-state index in [2.05, 4.69) is 24.4 Å². The van der Waals surface area contributed by atoms with Crippen molar-refractivity contribution >= 4 is 44.7 Å². The molecule has 1 aromatic carbocycles. The summed E-state index contributed by atoms with van der Waals surface area (Å²) in [5.41, 5.74) is 5.94. The molecule has 0 radical (unpaired) electrons. The van der Waals surface area contributed by atoms with Crippen molar-refractivity contribution in [2.24, 2.45) is 0 Å². The van der Waals surface area contributed by atoms with Crippen LogP contribution >= 0.6 is 22.9 Å². The van der Waals surface area contributed by atoms with Gasteiger partial charge in [-0.2, -0.15) is 0 Å². The molecule has 1 N–H and O–H groups in total. The van der Waals surface area contributed by atoms with E-state index in [9.17, 15) is 4.79 Å². The molecule has 0 atom stereocenters. The Morgan fingerprint density at radius 2 is 1.83 bits per heavy atom. The molecule has 23 heavy (non-hydrogen) atoms. The van der Waals surface area contributed by atoms with Crippen molar-refractivity contribution < 1.29 is 4.79 Å². The molecule has 2 heterocycles. The van der Waals surface area contributed by atoms with Crippen LogP contribution in [-0.2, 0) is 6.54 Å². The van der Waals surface area contributed by atoms with E-state index in [-0.39, 0.29) is 5.91 Å². The Balaban J connectivity index is 2.00. The van der Waals surface area contributed by atoms with Gasteiger partial charge in [0.15, 0.2) is 0 Å². The first-order valence-corrected chi connectivity index (χ1v) is 8.78. The lowest BCUT2D eigenvalue weighted by molar-refractivity contribution is 0.101. The number of carbonyl (C=O) groups excluding carboxylic acids is 1. The zero-order valence-corrected chi connectivity index (χ0v) is 15.2. The molecule has 0 bridgehead atoms. The van der Waals surface area contributed by atoms with Gasteiger partial charge in [0.05, 0.1) is 14.6 Å². The van der Waals surface area contributed by atoms with Crippen molar-refractivity contribution in [3.63, 3.8) is 0 Å². The molecule has 3 nitrogen and oxygen atoms in total. The number of carbonyl (C=O) groups is 1. The van der Waals surface area contributed by atoms with E-state index < -0.39 is 0 Å². The fraction of sp³-hybridized carbons (Fsp3) is 0.278. The Hall–Kier alpha value is -1.78. The molecule has 0 fully saturated rings. The van der Waals surface area contributed by atoms with Crippen LogP contribution < -0.4 is 5.32 Å². The van der Waals surface area contributed by atoms with Gasteiger partial charge in [0.1, 0.15) is 5.69 Å². The third-order valence-corrected chi connectivity index (χ3v) is 5.22. The number of thiophene rings is 1. The van der Waals surface area contributed by atoms with Gasteiger partial charge in [-0.3, -0.25) is 4.79 Å². The van der Waals surface area contributed by atoms with Crippen LogP contribution in [0, 0.1) is 20.8 Å². The Kier molecular flexibility index (Phi) is 4.21. The number of aryl methyl sites for hydroxylation is 4. The zero-order chi connectivity index (χ0) is 16.7. The van der Waals surface area contributed by atoms with Crippen LogP contribution in [0.3, 0.4) is 0 Å². The molecule has 120 valence electrons. The molecule has 5 heteroatoms. The third-order valence-electron chi connectivity index (χ3n) is 4.02. The summed E-state index contributed by atoms with van der Waals surface area (Å²) in [5.74, 6) is -0.0820. The van der Waals surface area contributed by atoms with Crippen molar-refractivity contribution in [3.8, 4) is 0 Å². The van der Waals surface area contributed by atoms with Crippen LogP contribution in [0.4, 0.5) is 5.69 Å². The first-order valence-electron chi connectivity index (χ1n) is 7.58. The van der Waals surface area contributed by atoms with Gasteiger partial charge in [-0.05, 0) is 51.0 Å². The quantitative estimate of drug-likeness (QED) is 0.662. The number of fused-ring (bicyclic) bond motifs is 1. The Morgan fingerprint density at radius 1 is 1.17 bits per heavy atom. The van der Waals surface area contributed by atoms with Crippen molar-refractivity contribution in [1.82, 2.24) is 4.57 Å². The van der Waals surface area contributed by atoms with Gasteiger partial charge in [-0.1, -0.05) is 29.3 Å². The Bertz CT molecular complexity index is 884. The van der Waals surface area contributed by atoms with E-state index in [0.717, 1.165) is 37.9 Å². The molecular formula is C18H19ClN2OS. The average molecular weight is 347 g/mol. The second-order valence-electron chi connectivity index (χ2n) is 5.80. The highest BCUT2D eigenvalue weighted by molar-refractivity contribution is 7.22. The van der Waals surface area contributed by atoms with Crippen LogP contribution in [0.5, 0.6) is 0 Å². The molecule has 0 aliphatic rings. The van der Waals surface area contributed by atoms with Crippen molar-refractivity contribution in [2.45, 2.75) is 34.2 Å². The van der Waals surface area contributed by atoms with E-state index in [1.807, 2.05) is 37.5 Å². The lowest BCUT2D eigenvalue weighted by atomic mass is 10.1. The summed E-state index contributed by atoms with van der Waals surface area (Å²) >= 11 is 7.58. The minimum Gasteiger partial charge on any atom is -0.336 e. The van der Waals surface area contributed by atoms with E-state index in [1.54, 1.807) is 0 Å². The SMILES string of the molecule is CCn1c(C(=O)Nc2c(C)cc(C)cc2C)cc2sc(Cl)cc21. The molecular weight excluding hydrogens is 328 g/mol. The summed E-state index contributed by atoms with van der Waals surface area (Å²) in [5, 5.41) is 3.07. The Morgan fingerprint density at radius 3 is 2.43 bits per heavy atom. The molecule has 2 aromatic heterocycles. The number of hydrogen-bond donors (Lipinski definition) is 1. The maximum absolute atomic E-state index is 12.8. The van der Waals surface area contributed by atoms with Crippen LogP contribution in [0.2, 0.25) is 4.34 Å². The van der Waals surface area contributed by atoms with Crippen LogP contribution in [0.1, 0.15) is 34.1 Å². The van der Waals surface area contributed by atoms with Gasteiger partial charge in [0.2, 0.25) is 0 Å². The summed E-state index contributed by atoms with van der Waals surface area (Å²) in [4.78, 5) is 12.8. The van der Waals surface area contributed by atoms with Crippen LogP contribution in [0.25, 0.3) is 10.2 Å². The normalized spacial score (nSPS) is 11.2. The summed E-state index contributed by atoms with van der Waals surface area (Å²) < 4.78 is 3.79. The molecule has 3 aromatic rings. The summed E-state index contributed by atoms with van der Waals surface area (Å²) in [7, 11) is 0. The van der Waals surface area contributed by atoms with Gasteiger partial charge in [-0.25, -0.2) is 0 Å². The number of amides is 1. The fourth-order valence-corrected chi connectivity index (χ4v) is 4.27. The number of aromatic nitrogens is 1.